The highest BCUT2D eigenvalue weighted by Gasteiger charge is 2.31. The third kappa shape index (κ3) is 2.44. The molecule has 0 unspecified atom stereocenters. The lowest BCUT2D eigenvalue weighted by Gasteiger charge is -2.22. The van der Waals surface area contributed by atoms with Crippen molar-refractivity contribution in [2.75, 3.05) is 5.32 Å². The minimum Gasteiger partial charge on any atom is -0.310 e. The highest BCUT2D eigenvalue weighted by molar-refractivity contribution is 7.10. The maximum absolute atomic E-state index is 13.4. The molecule has 0 bridgehead atoms. The second-order valence-corrected chi connectivity index (χ2v) is 6.65. The summed E-state index contributed by atoms with van der Waals surface area (Å²) in [5.41, 5.74) is 1.46. The average Bonchev–Trinajstić information content (AvgIpc) is 3.18. The summed E-state index contributed by atoms with van der Waals surface area (Å²) in [6.45, 7) is 0. The van der Waals surface area contributed by atoms with E-state index in [9.17, 15) is 9.18 Å². The number of anilines is 1. The summed E-state index contributed by atoms with van der Waals surface area (Å²) in [6, 6.07) is 8.38. The van der Waals surface area contributed by atoms with Gasteiger partial charge >= 0.3 is 0 Å². The fraction of sp³-hybridized carbons (Fsp3) is 0.125. The van der Waals surface area contributed by atoms with Crippen LogP contribution >= 0.6 is 22.9 Å². The van der Waals surface area contributed by atoms with Crippen molar-refractivity contribution in [2.45, 2.75) is 12.3 Å². The minimum atomic E-state index is -0.482. The van der Waals surface area contributed by atoms with Gasteiger partial charge in [-0.15, -0.1) is 11.3 Å². The van der Waals surface area contributed by atoms with E-state index in [4.69, 9.17) is 11.6 Å². The highest BCUT2D eigenvalue weighted by Crippen LogP contribution is 2.39. The number of hydrogen-bond donors (Lipinski definition) is 1. The predicted octanol–water partition coefficient (Wildman–Crippen LogP) is 4.20. The summed E-state index contributed by atoms with van der Waals surface area (Å²) >= 11 is 7.46. The number of imidazole rings is 1. The Bertz CT molecular complexity index is 891. The number of aromatic nitrogens is 2. The summed E-state index contributed by atoms with van der Waals surface area (Å²) in [5.74, 6) is 0.00833. The normalized spacial score (nSPS) is 17.0. The Balaban J connectivity index is 1.83. The zero-order valence-electron chi connectivity index (χ0n) is 11.8. The molecule has 0 saturated heterocycles. The molecular formula is C16H11ClFN3OS. The van der Waals surface area contributed by atoms with Gasteiger partial charge < -0.3 is 5.32 Å². The van der Waals surface area contributed by atoms with Crippen molar-refractivity contribution < 1.29 is 9.18 Å². The van der Waals surface area contributed by atoms with Crippen molar-refractivity contribution >= 4 is 34.7 Å². The van der Waals surface area contributed by atoms with Crippen LogP contribution < -0.4 is 5.32 Å². The van der Waals surface area contributed by atoms with E-state index in [0.717, 1.165) is 10.6 Å². The third-order valence-electron chi connectivity index (χ3n) is 3.84. The minimum absolute atomic E-state index is 0.0295. The lowest BCUT2D eigenvalue weighted by atomic mass is 9.96. The molecule has 23 heavy (non-hydrogen) atoms. The van der Waals surface area contributed by atoms with Gasteiger partial charge in [-0.05, 0) is 29.6 Å². The number of carbonyl (C=O) groups excluding carboxylic acids is 1. The Kier molecular flexibility index (Phi) is 3.43. The van der Waals surface area contributed by atoms with Gasteiger partial charge in [-0.1, -0.05) is 17.7 Å². The summed E-state index contributed by atoms with van der Waals surface area (Å²) in [6.07, 6.45) is 2.00. The van der Waals surface area contributed by atoms with E-state index in [1.807, 2.05) is 17.5 Å². The van der Waals surface area contributed by atoms with Crippen LogP contribution in [0.2, 0.25) is 5.02 Å². The van der Waals surface area contributed by atoms with Crippen LogP contribution in [0.5, 0.6) is 0 Å². The predicted molar refractivity (Wildman–Crippen MR) is 87.9 cm³/mol. The Morgan fingerprint density at radius 3 is 3.00 bits per heavy atom. The Morgan fingerprint density at radius 2 is 2.26 bits per heavy atom. The second kappa shape index (κ2) is 5.47. The monoisotopic (exact) mass is 347 g/mol. The molecule has 116 valence electrons. The molecule has 4 rings (SSSR count). The fourth-order valence-corrected chi connectivity index (χ4v) is 3.77. The first-order valence-corrected chi connectivity index (χ1v) is 8.25. The summed E-state index contributed by atoms with van der Waals surface area (Å²) in [5, 5.41) is 4.88. The number of rotatable bonds is 2. The van der Waals surface area contributed by atoms with Gasteiger partial charge in [-0.2, -0.15) is 0 Å². The highest BCUT2D eigenvalue weighted by atomic mass is 35.5. The van der Waals surface area contributed by atoms with Gasteiger partial charge in [0.2, 0.25) is 5.91 Å². The van der Waals surface area contributed by atoms with Crippen LogP contribution in [0.3, 0.4) is 0 Å². The van der Waals surface area contributed by atoms with Crippen molar-refractivity contribution in [3.63, 3.8) is 0 Å². The van der Waals surface area contributed by atoms with Crippen LogP contribution in [-0.2, 0) is 4.79 Å². The molecule has 7 heteroatoms. The van der Waals surface area contributed by atoms with Crippen molar-refractivity contribution in [1.82, 2.24) is 9.55 Å². The molecule has 1 aliphatic heterocycles. The van der Waals surface area contributed by atoms with E-state index >= 15 is 0 Å². The molecule has 1 N–H and O–H groups in total. The lowest BCUT2D eigenvalue weighted by molar-refractivity contribution is -0.116. The van der Waals surface area contributed by atoms with Crippen LogP contribution in [0, 0.1) is 5.82 Å². The number of nitrogens with zero attached hydrogens (tertiary/aromatic N) is 2. The van der Waals surface area contributed by atoms with Crippen molar-refractivity contribution in [1.29, 1.82) is 0 Å². The number of fused-ring (bicyclic) bond motifs is 1. The summed E-state index contributed by atoms with van der Waals surface area (Å²) < 4.78 is 15.1. The van der Waals surface area contributed by atoms with E-state index in [1.165, 1.54) is 12.1 Å². The summed E-state index contributed by atoms with van der Waals surface area (Å²) in [7, 11) is 0. The number of halogens is 2. The molecule has 1 atom stereocenters. The molecule has 0 spiro atoms. The molecule has 0 radical (unpaired) electrons. The molecule has 3 aromatic rings. The van der Waals surface area contributed by atoms with Gasteiger partial charge in [0.25, 0.3) is 0 Å². The van der Waals surface area contributed by atoms with Crippen LogP contribution in [0.25, 0.3) is 5.69 Å². The Hall–Kier alpha value is -2.18. The van der Waals surface area contributed by atoms with E-state index in [2.05, 4.69) is 10.3 Å². The van der Waals surface area contributed by atoms with E-state index < -0.39 is 5.82 Å². The standard InChI is InChI=1S/C16H11ClFN3OS/c17-11-6-9(3-4-12(11)18)21-8-19-15-10(13-2-1-5-23-13)7-14(22)20-16(15)21/h1-6,8,10H,7H2,(H,20,22)/t10-/m1/s1. The molecule has 3 heterocycles. The largest absolute Gasteiger partial charge is 0.310 e. The topological polar surface area (TPSA) is 46.9 Å². The maximum Gasteiger partial charge on any atom is 0.226 e. The zero-order chi connectivity index (χ0) is 16.0. The molecule has 1 amide bonds. The first-order chi connectivity index (χ1) is 11.1. The van der Waals surface area contributed by atoms with Gasteiger partial charge in [0.1, 0.15) is 18.0 Å². The van der Waals surface area contributed by atoms with Crippen LogP contribution in [0.4, 0.5) is 10.2 Å². The first-order valence-electron chi connectivity index (χ1n) is 6.99. The van der Waals surface area contributed by atoms with Crippen molar-refractivity contribution in [3.05, 3.63) is 63.5 Å². The molecule has 0 fully saturated rings. The Labute approximate surface area is 140 Å². The second-order valence-electron chi connectivity index (χ2n) is 5.27. The first kappa shape index (κ1) is 14.4. The van der Waals surface area contributed by atoms with Crippen molar-refractivity contribution in [3.8, 4) is 5.69 Å². The van der Waals surface area contributed by atoms with Crippen LogP contribution in [-0.4, -0.2) is 15.5 Å². The zero-order valence-corrected chi connectivity index (χ0v) is 13.4. The number of carbonyl (C=O) groups is 1. The van der Waals surface area contributed by atoms with E-state index in [-0.39, 0.29) is 16.8 Å². The number of benzene rings is 1. The third-order valence-corrected chi connectivity index (χ3v) is 5.12. The van der Waals surface area contributed by atoms with Gasteiger partial charge in [0.15, 0.2) is 0 Å². The van der Waals surface area contributed by atoms with Crippen molar-refractivity contribution in [2.24, 2.45) is 0 Å². The average molecular weight is 348 g/mol. The fourth-order valence-electron chi connectivity index (χ4n) is 2.76. The lowest BCUT2D eigenvalue weighted by Crippen LogP contribution is -2.24. The number of amides is 1. The van der Waals surface area contributed by atoms with Gasteiger partial charge in [-0.3, -0.25) is 9.36 Å². The number of thiophene rings is 1. The van der Waals surface area contributed by atoms with Gasteiger partial charge in [-0.25, -0.2) is 9.37 Å². The van der Waals surface area contributed by atoms with Crippen LogP contribution in [0.15, 0.2) is 42.0 Å². The maximum atomic E-state index is 13.4. The van der Waals surface area contributed by atoms with E-state index in [1.54, 1.807) is 28.3 Å². The number of hydrogen-bond acceptors (Lipinski definition) is 3. The molecule has 4 nitrogen and oxygen atoms in total. The molecule has 2 aromatic heterocycles. The molecule has 1 aromatic carbocycles. The molecule has 0 aliphatic carbocycles. The van der Waals surface area contributed by atoms with E-state index in [0.29, 0.717) is 17.9 Å². The Morgan fingerprint density at radius 1 is 1.39 bits per heavy atom. The van der Waals surface area contributed by atoms with Gasteiger partial charge in [0, 0.05) is 17.2 Å². The quantitative estimate of drug-likeness (QED) is 0.755. The smallest absolute Gasteiger partial charge is 0.226 e. The molecular weight excluding hydrogens is 337 g/mol. The van der Waals surface area contributed by atoms with Crippen LogP contribution in [0.1, 0.15) is 22.9 Å². The molecule has 1 aliphatic rings. The molecule has 0 saturated carbocycles. The SMILES string of the molecule is O=C1C[C@H](c2cccs2)c2ncn(-c3ccc(F)c(Cl)c3)c2N1. The van der Waals surface area contributed by atoms with Gasteiger partial charge in [0.05, 0.1) is 16.4 Å². The number of nitrogens with one attached hydrogen (secondary N) is 1. The summed E-state index contributed by atoms with van der Waals surface area (Å²) in [4.78, 5) is 17.7.